The summed E-state index contributed by atoms with van der Waals surface area (Å²) in [6.45, 7) is 1.95. The first-order valence-corrected chi connectivity index (χ1v) is 11.2. The maximum absolute atomic E-state index is 12.9. The molecule has 0 spiro atoms. The van der Waals surface area contributed by atoms with Crippen LogP contribution in [0.2, 0.25) is 8.67 Å². The lowest BCUT2D eigenvalue weighted by atomic mass is 10.2. The number of methoxy groups -OCH3 is 1. The van der Waals surface area contributed by atoms with Crippen molar-refractivity contribution in [1.29, 1.82) is 0 Å². The van der Waals surface area contributed by atoms with E-state index in [0.717, 1.165) is 22.8 Å². The molecule has 0 saturated carbocycles. The Balaban J connectivity index is 1.75. The van der Waals surface area contributed by atoms with Crippen LogP contribution in [0.3, 0.4) is 0 Å². The van der Waals surface area contributed by atoms with E-state index in [1.54, 1.807) is 7.11 Å². The molecular weight excluding hydrogens is 471 g/mol. The average molecular weight is 486 g/mol. The van der Waals surface area contributed by atoms with E-state index in [1.807, 2.05) is 24.3 Å². The van der Waals surface area contributed by atoms with Crippen molar-refractivity contribution in [2.45, 2.75) is 4.90 Å². The van der Waals surface area contributed by atoms with E-state index in [9.17, 15) is 8.42 Å². The van der Waals surface area contributed by atoms with Crippen LogP contribution >= 0.6 is 50.5 Å². The summed E-state index contributed by atoms with van der Waals surface area (Å²) in [5.74, 6) is 0.791. The molecule has 1 aliphatic rings. The maximum atomic E-state index is 12.9. The largest absolute Gasteiger partial charge is 0.497 e. The van der Waals surface area contributed by atoms with Gasteiger partial charge in [0.1, 0.15) is 19.3 Å². The fraction of sp³-hybridized carbons (Fsp3) is 0.333. The Hall–Kier alpha value is -0.510. The smallest absolute Gasteiger partial charge is 0.246 e. The Bertz CT molecular complexity index is 864. The van der Waals surface area contributed by atoms with Gasteiger partial charge in [-0.15, -0.1) is 11.3 Å². The molecule has 0 N–H and O–H groups in total. The van der Waals surface area contributed by atoms with Crippen LogP contribution in [0.25, 0.3) is 0 Å². The summed E-state index contributed by atoms with van der Waals surface area (Å²) in [7, 11) is -2.06. The van der Waals surface area contributed by atoms with Crippen LogP contribution < -0.4 is 9.64 Å². The summed E-state index contributed by atoms with van der Waals surface area (Å²) in [4.78, 5) is 2.20. The molecule has 136 valence electrons. The van der Waals surface area contributed by atoms with E-state index in [0.29, 0.717) is 35.0 Å². The van der Waals surface area contributed by atoms with Crippen molar-refractivity contribution >= 4 is 66.2 Å². The molecule has 2 heterocycles. The zero-order valence-electron chi connectivity index (χ0n) is 13.2. The van der Waals surface area contributed by atoms with Crippen molar-refractivity contribution in [3.63, 3.8) is 0 Å². The van der Waals surface area contributed by atoms with E-state index in [1.165, 1.54) is 4.31 Å². The maximum Gasteiger partial charge on any atom is 0.246 e. The molecule has 0 bridgehead atoms. The van der Waals surface area contributed by atoms with E-state index in [2.05, 4.69) is 20.8 Å². The van der Waals surface area contributed by atoms with Crippen molar-refractivity contribution in [1.82, 2.24) is 4.31 Å². The molecule has 0 atom stereocenters. The molecule has 3 rings (SSSR count). The molecule has 0 aliphatic carbocycles. The number of halogens is 3. The third kappa shape index (κ3) is 3.79. The van der Waals surface area contributed by atoms with Gasteiger partial charge in [0, 0.05) is 31.9 Å². The van der Waals surface area contributed by atoms with Crippen molar-refractivity contribution in [2.24, 2.45) is 0 Å². The number of anilines is 1. The Kier molecular flexibility index (Phi) is 5.87. The molecule has 5 nitrogen and oxygen atoms in total. The molecule has 10 heteroatoms. The number of hydrogen-bond donors (Lipinski definition) is 0. The van der Waals surface area contributed by atoms with Gasteiger partial charge in [-0.25, -0.2) is 8.42 Å². The number of thiophene rings is 1. The molecule has 2 aromatic rings. The van der Waals surface area contributed by atoms with Gasteiger partial charge in [-0.3, -0.25) is 0 Å². The molecule has 25 heavy (non-hydrogen) atoms. The van der Waals surface area contributed by atoms with Crippen LogP contribution in [0.1, 0.15) is 0 Å². The monoisotopic (exact) mass is 484 g/mol. The van der Waals surface area contributed by atoms with Crippen LogP contribution in [0.4, 0.5) is 5.69 Å². The highest BCUT2D eigenvalue weighted by atomic mass is 79.9. The third-order valence-corrected chi connectivity index (χ3v) is 9.37. The Labute approximate surface area is 169 Å². The predicted octanol–water partition coefficient (Wildman–Crippen LogP) is 4.34. The first-order chi connectivity index (χ1) is 11.8. The molecule has 0 radical (unpaired) electrons. The summed E-state index contributed by atoms with van der Waals surface area (Å²) in [5.41, 5.74) is 1.04. The highest BCUT2D eigenvalue weighted by Crippen LogP contribution is 2.44. The standard InChI is InChI=1S/C15H15BrCl2N2O3S2/c1-23-11-4-2-10(3-5-11)19-6-8-20(9-7-19)25(21,22)13-12(16)14(17)24-15(13)18/h2-5H,6-9H2,1H3. The second kappa shape index (κ2) is 7.62. The number of hydrogen-bond acceptors (Lipinski definition) is 5. The zero-order chi connectivity index (χ0) is 18.2. The topological polar surface area (TPSA) is 49.9 Å². The fourth-order valence-electron chi connectivity index (χ4n) is 2.67. The molecule has 0 unspecified atom stereocenters. The highest BCUT2D eigenvalue weighted by molar-refractivity contribution is 9.10. The first-order valence-electron chi connectivity index (χ1n) is 7.37. The third-order valence-electron chi connectivity index (χ3n) is 4.00. The number of rotatable bonds is 4. The van der Waals surface area contributed by atoms with Gasteiger partial charge < -0.3 is 9.64 Å². The fourth-order valence-corrected chi connectivity index (χ4v) is 7.57. The number of benzene rings is 1. The highest BCUT2D eigenvalue weighted by Gasteiger charge is 2.34. The van der Waals surface area contributed by atoms with Gasteiger partial charge in [0.05, 0.1) is 11.6 Å². The molecule has 0 amide bonds. The molecular formula is C15H15BrCl2N2O3S2. The van der Waals surface area contributed by atoms with Crippen LogP contribution in [0, 0.1) is 0 Å². The van der Waals surface area contributed by atoms with Gasteiger partial charge in [-0.2, -0.15) is 4.31 Å². The van der Waals surface area contributed by atoms with E-state index < -0.39 is 10.0 Å². The van der Waals surface area contributed by atoms with Crippen LogP contribution in [0.5, 0.6) is 5.75 Å². The Morgan fingerprint density at radius 1 is 1.08 bits per heavy atom. The summed E-state index contributed by atoms with van der Waals surface area (Å²) >= 11 is 16.4. The second-order valence-electron chi connectivity index (χ2n) is 5.38. The minimum Gasteiger partial charge on any atom is -0.497 e. The Morgan fingerprint density at radius 3 is 2.16 bits per heavy atom. The summed E-state index contributed by atoms with van der Waals surface area (Å²) in [6, 6.07) is 7.72. The van der Waals surface area contributed by atoms with Gasteiger partial charge in [0.25, 0.3) is 0 Å². The molecule has 1 fully saturated rings. The lowest BCUT2D eigenvalue weighted by Gasteiger charge is -2.35. The van der Waals surface area contributed by atoms with Gasteiger partial charge in [-0.1, -0.05) is 23.2 Å². The van der Waals surface area contributed by atoms with Gasteiger partial charge in [0.2, 0.25) is 10.0 Å². The lowest BCUT2D eigenvalue weighted by Crippen LogP contribution is -2.48. The number of nitrogens with zero attached hydrogens (tertiary/aromatic N) is 2. The van der Waals surface area contributed by atoms with E-state index >= 15 is 0 Å². The quantitative estimate of drug-likeness (QED) is 0.646. The number of piperazine rings is 1. The minimum absolute atomic E-state index is 0.0575. The molecule has 1 aromatic heterocycles. The lowest BCUT2D eigenvalue weighted by molar-refractivity contribution is 0.384. The van der Waals surface area contributed by atoms with Crippen LogP contribution in [-0.4, -0.2) is 46.0 Å². The first kappa shape index (κ1) is 19.3. The second-order valence-corrected chi connectivity index (χ2v) is 10.3. The van der Waals surface area contributed by atoms with Crippen LogP contribution in [0.15, 0.2) is 33.6 Å². The van der Waals surface area contributed by atoms with Crippen molar-refractivity contribution in [2.75, 3.05) is 38.2 Å². The predicted molar refractivity (Wildman–Crippen MR) is 106 cm³/mol. The van der Waals surface area contributed by atoms with Gasteiger partial charge >= 0.3 is 0 Å². The van der Waals surface area contributed by atoms with Crippen molar-refractivity contribution < 1.29 is 13.2 Å². The molecule has 1 aromatic carbocycles. The Morgan fingerprint density at radius 2 is 1.68 bits per heavy atom. The minimum atomic E-state index is -3.69. The summed E-state index contributed by atoms with van der Waals surface area (Å²) in [5, 5.41) is 0. The molecule has 1 aliphatic heterocycles. The van der Waals surface area contributed by atoms with Crippen molar-refractivity contribution in [3.05, 3.63) is 37.4 Å². The van der Waals surface area contributed by atoms with Gasteiger partial charge in [0.15, 0.2) is 0 Å². The molecule has 1 saturated heterocycles. The number of ether oxygens (including phenoxy) is 1. The summed E-state index contributed by atoms with van der Waals surface area (Å²) in [6.07, 6.45) is 0. The van der Waals surface area contributed by atoms with Gasteiger partial charge in [-0.05, 0) is 40.2 Å². The van der Waals surface area contributed by atoms with Crippen LogP contribution in [-0.2, 0) is 10.0 Å². The van der Waals surface area contributed by atoms with E-state index in [-0.39, 0.29) is 9.23 Å². The van der Waals surface area contributed by atoms with E-state index in [4.69, 9.17) is 27.9 Å². The SMILES string of the molecule is COc1ccc(N2CCN(S(=O)(=O)c3c(Cl)sc(Cl)c3Br)CC2)cc1. The zero-order valence-corrected chi connectivity index (χ0v) is 17.9. The number of sulfonamides is 1. The average Bonchev–Trinajstić information content (AvgIpc) is 2.87. The summed E-state index contributed by atoms with van der Waals surface area (Å²) < 4.78 is 33.2. The van der Waals surface area contributed by atoms with Crippen molar-refractivity contribution in [3.8, 4) is 5.75 Å². The normalized spacial score (nSPS) is 16.2.